The SMILES string of the molecule is CC(=O)c1cc(Cl)c(NC(=O)N2CCC(c3ccc(NC(=O)CCCc4ccccc4)cc3)CC2)c(Cl)c1. The fraction of sp³-hybridized carbons (Fsp3) is 0.300. The predicted molar refractivity (Wildman–Crippen MR) is 153 cm³/mol. The topological polar surface area (TPSA) is 78.5 Å². The van der Waals surface area contributed by atoms with Gasteiger partial charge in [0.05, 0.1) is 15.7 Å². The van der Waals surface area contributed by atoms with Crippen LogP contribution in [0.5, 0.6) is 0 Å². The maximum Gasteiger partial charge on any atom is 0.321 e. The van der Waals surface area contributed by atoms with E-state index in [4.69, 9.17) is 23.2 Å². The van der Waals surface area contributed by atoms with Crippen molar-refractivity contribution in [3.05, 3.63) is 93.5 Å². The Labute approximate surface area is 233 Å². The molecule has 0 unspecified atom stereocenters. The number of likely N-dealkylation sites (tertiary alicyclic amines) is 1. The second-order valence-electron chi connectivity index (χ2n) is 9.57. The molecule has 1 aliphatic heterocycles. The van der Waals surface area contributed by atoms with E-state index in [1.165, 1.54) is 30.2 Å². The maximum atomic E-state index is 12.8. The van der Waals surface area contributed by atoms with Crippen molar-refractivity contribution in [1.82, 2.24) is 4.90 Å². The van der Waals surface area contributed by atoms with E-state index in [-0.39, 0.29) is 27.8 Å². The Balaban J connectivity index is 1.24. The third-order valence-corrected chi connectivity index (χ3v) is 7.44. The zero-order chi connectivity index (χ0) is 27.1. The van der Waals surface area contributed by atoms with Crippen LogP contribution in [0.25, 0.3) is 0 Å². The zero-order valence-electron chi connectivity index (χ0n) is 21.3. The van der Waals surface area contributed by atoms with Gasteiger partial charge in [0.15, 0.2) is 5.78 Å². The van der Waals surface area contributed by atoms with Gasteiger partial charge in [0, 0.05) is 30.8 Å². The number of amides is 3. The molecule has 1 fully saturated rings. The first-order valence-electron chi connectivity index (χ1n) is 12.8. The number of ketones is 1. The first kappa shape index (κ1) is 27.7. The average Bonchev–Trinajstić information content (AvgIpc) is 2.91. The average molecular weight is 553 g/mol. The number of urea groups is 1. The largest absolute Gasteiger partial charge is 0.326 e. The smallest absolute Gasteiger partial charge is 0.321 e. The standard InChI is InChI=1S/C30H31Cl2N3O3/c1-20(36)24-18-26(31)29(27(32)19-24)34-30(38)35-16-14-23(15-17-35)22-10-12-25(13-11-22)33-28(37)9-5-8-21-6-3-2-4-7-21/h2-4,6-7,10-13,18-19,23H,5,8-9,14-17H2,1H3,(H,33,37)(H,34,38). The number of halogens is 2. The lowest BCUT2D eigenvalue weighted by Gasteiger charge is -2.32. The van der Waals surface area contributed by atoms with E-state index in [0.717, 1.165) is 31.4 Å². The van der Waals surface area contributed by atoms with Gasteiger partial charge >= 0.3 is 6.03 Å². The molecule has 1 heterocycles. The molecule has 0 aliphatic carbocycles. The quantitative estimate of drug-likeness (QED) is 0.283. The van der Waals surface area contributed by atoms with E-state index < -0.39 is 0 Å². The molecule has 0 atom stereocenters. The molecule has 38 heavy (non-hydrogen) atoms. The summed E-state index contributed by atoms with van der Waals surface area (Å²) in [6.07, 6.45) is 3.82. The fourth-order valence-electron chi connectivity index (χ4n) is 4.66. The minimum atomic E-state index is -0.270. The van der Waals surface area contributed by atoms with Crippen molar-refractivity contribution in [1.29, 1.82) is 0 Å². The molecular weight excluding hydrogens is 521 g/mol. The second kappa shape index (κ2) is 12.9. The lowest BCUT2D eigenvalue weighted by atomic mass is 9.89. The highest BCUT2D eigenvalue weighted by atomic mass is 35.5. The number of hydrogen-bond acceptors (Lipinski definition) is 3. The lowest BCUT2D eigenvalue weighted by molar-refractivity contribution is -0.116. The van der Waals surface area contributed by atoms with Crippen molar-refractivity contribution in [2.24, 2.45) is 0 Å². The summed E-state index contributed by atoms with van der Waals surface area (Å²) in [5, 5.41) is 6.23. The van der Waals surface area contributed by atoms with Crippen LogP contribution in [0, 0.1) is 0 Å². The Morgan fingerprint density at radius 2 is 1.53 bits per heavy atom. The Morgan fingerprint density at radius 3 is 2.13 bits per heavy atom. The van der Waals surface area contributed by atoms with E-state index in [1.807, 2.05) is 30.3 Å². The van der Waals surface area contributed by atoms with Crippen LogP contribution in [-0.4, -0.2) is 35.7 Å². The molecular formula is C30H31Cl2N3O3. The molecule has 1 aliphatic rings. The Morgan fingerprint density at radius 1 is 0.895 bits per heavy atom. The van der Waals surface area contributed by atoms with Gasteiger partial charge < -0.3 is 15.5 Å². The third-order valence-electron chi connectivity index (χ3n) is 6.84. The van der Waals surface area contributed by atoms with Gasteiger partial charge in [-0.2, -0.15) is 0 Å². The predicted octanol–water partition coefficient (Wildman–Crippen LogP) is 7.57. The third kappa shape index (κ3) is 7.36. The highest BCUT2D eigenvalue weighted by molar-refractivity contribution is 6.40. The van der Waals surface area contributed by atoms with Gasteiger partial charge in [-0.25, -0.2) is 4.79 Å². The summed E-state index contributed by atoms with van der Waals surface area (Å²) in [5.74, 6) is 0.198. The molecule has 0 spiro atoms. The monoisotopic (exact) mass is 551 g/mol. The molecule has 3 aromatic rings. The fourth-order valence-corrected chi connectivity index (χ4v) is 5.24. The molecule has 0 saturated carbocycles. The van der Waals surface area contributed by atoms with E-state index >= 15 is 0 Å². The van der Waals surface area contributed by atoms with E-state index in [9.17, 15) is 14.4 Å². The normalized spacial score (nSPS) is 13.7. The van der Waals surface area contributed by atoms with Gasteiger partial charge in [0.2, 0.25) is 5.91 Å². The first-order chi connectivity index (χ1) is 18.3. The highest BCUT2D eigenvalue weighted by Gasteiger charge is 2.25. The molecule has 3 amide bonds. The number of piperidine rings is 1. The minimum absolute atomic E-state index is 0.0177. The minimum Gasteiger partial charge on any atom is -0.326 e. The summed E-state index contributed by atoms with van der Waals surface area (Å²) in [5.41, 5.74) is 3.93. The molecule has 198 valence electrons. The van der Waals surface area contributed by atoms with E-state index in [1.54, 1.807) is 4.90 Å². The molecule has 8 heteroatoms. The summed E-state index contributed by atoms with van der Waals surface area (Å²) >= 11 is 12.5. The number of aryl methyl sites for hydroxylation is 1. The Bertz CT molecular complexity index is 1260. The van der Waals surface area contributed by atoms with Crippen LogP contribution >= 0.6 is 23.2 Å². The summed E-state index contributed by atoms with van der Waals surface area (Å²) in [6, 6.07) is 20.9. The number of carbonyl (C=O) groups excluding carboxylic acids is 3. The number of hydrogen-bond donors (Lipinski definition) is 2. The Hall–Kier alpha value is -3.35. The van der Waals surface area contributed by atoms with Crippen molar-refractivity contribution in [2.45, 2.75) is 44.9 Å². The van der Waals surface area contributed by atoms with Crippen LogP contribution < -0.4 is 10.6 Å². The number of carbonyl (C=O) groups is 3. The molecule has 6 nitrogen and oxygen atoms in total. The zero-order valence-corrected chi connectivity index (χ0v) is 22.8. The van der Waals surface area contributed by atoms with E-state index in [2.05, 4.69) is 34.9 Å². The molecule has 0 radical (unpaired) electrons. The molecule has 0 bridgehead atoms. The van der Waals surface area contributed by atoms with Gasteiger partial charge in [-0.15, -0.1) is 0 Å². The summed E-state index contributed by atoms with van der Waals surface area (Å²) in [4.78, 5) is 38.5. The molecule has 3 aromatic carbocycles. The van der Waals surface area contributed by atoms with E-state index in [0.29, 0.717) is 36.7 Å². The highest BCUT2D eigenvalue weighted by Crippen LogP contribution is 2.33. The van der Waals surface area contributed by atoms with Crippen molar-refractivity contribution < 1.29 is 14.4 Å². The van der Waals surface area contributed by atoms with Gasteiger partial charge in [-0.1, -0.05) is 65.7 Å². The van der Waals surface area contributed by atoms with Crippen LogP contribution in [0.1, 0.15) is 60.0 Å². The molecule has 2 N–H and O–H groups in total. The van der Waals surface area contributed by atoms with Gasteiger partial charge in [-0.3, -0.25) is 9.59 Å². The summed E-state index contributed by atoms with van der Waals surface area (Å²) < 4.78 is 0. The number of rotatable bonds is 8. The van der Waals surface area contributed by atoms with Gasteiger partial charge in [-0.05, 0) is 73.9 Å². The second-order valence-corrected chi connectivity index (χ2v) is 10.4. The molecule has 0 aromatic heterocycles. The lowest BCUT2D eigenvalue weighted by Crippen LogP contribution is -2.40. The van der Waals surface area contributed by atoms with Crippen LogP contribution in [-0.2, 0) is 11.2 Å². The Kier molecular flexibility index (Phi) is 9.43. The van der Waals surface area contributed by atoms with Crippen molar-refractivity contribution in [2.75, 3.05) is 23.7 Å². The number of nitrogens with zero attached hydrogens (tertiary/aromatic N) is 1. The summed E-state index contributed by atoms with van der Waals surface area (Å²) in [6.45, 7) is 2.62. The van der Waals surface area contributed by atoms with Crippen molar-refractivity contribution in [3.8, 4) is 0 Å². The summed E-state index contributed by atoms with van der Waals surface area (Å²) in [7, 11) is 0. The van der Waals surface area contributed by atoms with Gasteiger partial charge in [0.25, 0.3) is 0 Å². The van der Waals surface area contributed by atoms with Crippen molar-refractivity contribution >= 4 is 52.3 Å². The van der Waals surface area contributed by atoms with Crippen LogP contribution in [0.2, 0.25) is 10.0 Å². The van der Waals surface area contributed by atoms with Crippen molar-refractivity contribution in [3.63, 3.8) is 0 Å². The number of nitrogens with one attached hydrogen (secondary N) is 2. The number of anilines is 2. The number of benzene rings is 3. The van der Waals surface area contributed by atoms with Crippen LogP contribution in [0.3, 0.4) is 0 Å². The number of Topliss-reactive ketones (excluding diaryl/α,β-unsaturated/α-hetero) is 1. The van der Waals surface area contributed by atoms with Crippen LogP contribution in [0.4, 0.5) is 16.2 Å². The molecule has 4 rings (SSSR count). The molecule has 1 saturated heterocycles. The maximum absolute atomic E-state index is 12.8. The first-order valence-corrected chi connectivity index (χ1v) is 13.6. The van der Waals surface area contributed by atoms with Gasteiger partial charge in [0.1, 0.15) is 0 Å². The van der Waals surface area contributed by atoms with Crippen LogP contribution in [0.15, 0.2) is 66.7 Å².